The summed E-state index contributed by atoms with van der Waals surface area (Å²) in [6.07, 6.45) is 0.959. The summed E-state index contributed by atoms with van der Waals surface area (Å²) in [5.74, 6) is 0.909. The van der Waals surface area contributed by atoms with E-state index in [4.69, 9.17) is 0 Å². The number of rotatable bonds is 2. The molecule has 2 heterocycles. The van der Waals surface area contributed by atoms with Crippen LogP contribution in [0.15, 0.2) is 29.4 Å². The SMILES string of the molecule is CCc1c(-c2ccc(F)cc2)nc2n1CCS2. The van der Waals surface area contributed by atoms with Gasteiger partial charge in [-0.1, -0.05) is 18.7 Å². The Bertz CT molecular complexity index is 545. The highest BCUT2D eigenvalue weighted by atomic mass is 32.2. The van der Waals surface area contributed by atoms with E-state index in [2.05, 4.69) is 16.5 Å². The van der Waals surface area contributed by atoms with Gasteiger partial charge in [-0.05, 0) is 30.7 Å². The molecule has 0 bridgehead atoms. The third-order valence-electron chi connectivity index (χ3n) is 3.04. The van der Waals surface area contributed by atoms with Gasteiger partial charge in [0, 0.05) is 23.6 Å². The number of aromatic nitrogens is 2. The lowest BCUT2D eigenvalue weighted by Crippen LogP contribution is -2.00. The third-order valence-corrected chi connectivity index (χ3v) is 3.99. The molecule has 0 saturated heterocycles. The zero-order valence-corrected chi connectivity index (χ0v) is 10.4. The van der Waals surface area contributed by atoms with Crippen LogP contribution in [0.2, 0.25) is 0 Å². The highest BCUT2D eigenvalue weighted by Crippen LogP contribution is 2.33. The van der Waals surface area contributed by atoms with E-state index in [-0.39, 0.29) is 5.82 Å². The van der Waals surface area contributed by atoms with Crippen LogP contribution >= 0.6 is 11.8 Å². The molecule has 4 heteroatoms. The van der Waals surface area contributed by atoms with Gasteiger partial charge in [-0.2, -0.15) is 0 Å². The normalized spacial score (nSPS) is 14.0. The van der Waals surface area contributed by atoms with Crippen molar-refractivity contribution in [3.8, 4) is 11.3 Å². The third kappa shape index (κ3) is 1.76. The van der Waals surface area contributed by atoms with Gasteiger partial charge in [0.25, 0.3) is 0 Å². The van der Waals surface area contributed by atoms with Gasteiger partial charge in [0.05, 0.1) is 5.69 Å². The molecular formula is C13H13FN2S. The minimum Gasteiger partial charge on any atom is -0.322 e. The molecule has 17 heavy (non-hydrogen) atoms. The molecule has 0 N–H and O–H groups in total. The predicted molar refractivity (Wildman–Crippen MR) is 67.7 cm³/mol. The Labute approximate surface area is 104 Å². The average Bonchev–Trinajstić information content (AvgIpc) is 2.89. The number of fused-ring (bicyclic) bond motifs is 1. The first-order chi connectivity index (χ1) is 8.29. The molecule has 0 fully saturated rings. The van der Waals surface area contributed by atoms with Crippen molar-refractivity contribution < 1.29 is 4.39 Å². The van der Waals surface area contributed by atoms with Crippen molar-refractivity contribution in [2.75, 3.05) is 5.75 Å². The summed E-state index contributed by atoms with van der Waals surface area (Å²) in [6, 6.07) is 6.59. The molecule has 3 rings (SSSR count). The van der Waals surface area contributed by atoms with Crippen LogP contribution in [0.3, 0.4) is 0 Å². The second-order valence-corrected chi connectivity index (χ2v) is 5.11. The van der Waals surface area contributed by atoms with Crippen molar-refractivity contribution >= 4 is 11.8 Å². The fraction of sp³-hybridized carbons (Fsp3) is 0.308. The van der Waals surface area contributed by atoms with Crippen molar-refractivity contribution in [1.29, 1.82) is 0 Å². The first kappa shape index (κ1) is 10.8. The number of hydrogen-bond acceptors (Lipinski definition) is 2. The molecule has 2 aromatic rings. The maximum atomic E-state index is 12.9. The molecule has 1 aromatic carbocycles. The molecule has 2 nitrogen and oxygen atoms in total. The predicted octanol–water partition coefficient (Wildman–Crippen LogP) is 3.36. The summed E-state index contributed by atoms with van der Waals surface area (Å²) in [6.45, 7) is 3.18. The highest BCUT2D eigenvalue weighted by molar-refractivity contribution is 7.99. The summed E-state index contributed by atoms with van der Waals surface area (Å²) in [4.78, 5) is 4.66. The van der Waals surface area contributed by atoms with Gasteiger partial charge < -0.3 is 4.57 Å². The van der Waals surface area contributed by atoms with Gasteiger partial charge in [-0.25, -0.2) is 9.37 Å². The number of nitrogens with zero attached hydrogens (tertiary/aromatic N) is 2. The van der Waals surface area contributed by atoms with E-state index in [1.807, 2.05) is 0 Å². The van der Waals surface area contributed by atoms with Gasteiger partial charge in [-0.3, -0.25) is 0 Å². The Balaban J connectivity index is 2.11. The largest absolute Gasteiger partial charge is 0.322 e. The Morgan fingerprint density at radius 3 is 2.82 bits per heavy atom. The second-order valence-electron chi connectivity index (χ2n) is 4.05. The summed E-state index contributed by atoms with van der Waals surface area (Å²) in [5, 5.41) is 1.10. The van der Waals surface area contributed by atoms with Gasteiger partial charge in [-0.15, -0.1) is 0 Å². The van der Waals surface area contributed by atoms with Gasteiger partial charge in [0.2, 0.25) is 0 Å². The molecule has 0 unspecified atom stereocenters. The van der Waals surface area contributed by atoms with Gasteiger partial charge >= 0.3 is 0 Å². The van der Waals surface area contributed by atoms with Crippen LogP contribution in [-0.4, -0.2) is 15.3 Å². The summed E-state index contributed by atoms with van der Waals surface area (Å²) in [7, 11) is 0. The van der Waals surface area contributed by atoms with Crippen molar-refractivity contribution in [3.05, 3.63) is 35.8 Å². The van der Waals surface area contributed by atoms with E-state index in [1.54, 1.807) is 23.9 Å². The summed E-state index contributed by atoms with van der Waals surface area (Å²) in [5.41, 5.74) is 3.28. The van der Waals surface area contributed by atoms with E-state index in [1.165, 1.54) is 17.8 Å². The first-order valence-electron chi connectivity index (χ1n) is 5.77. The first-order valence-corrected chi connectivity index (χ1v) is 6.76. The summed E-state index contributed by atoms with van der Waals surface area (Å²) < 4.78 is 15.2. The standard InChI is InChI=1S/C13H13FN2S/c1-2-11-12(9-3-5-10(14)6-4-9)15-13-16(11)7-8-17-13/h3-6H,2,7-8H2,1H3. The lowest BCUT2D eigenvalue weighted by atomic mass is 10.1. The second kappa shape index (κ2) is 4.18. The van der Waals surface area contributed by atoms with Crippen LogP contribution in [-0.2, 0) is 13.0 Å². The van der Waals surface area contributed by atoms with E-state index >= 15 is 0 Å². The zero-order valence-electron chi connectivity index (χ0n) is 9.61. The van der Waals surface area contributed by atoms with E-state index in [0.717, 1.165) is 35.1 Å². The average molecular weight is 248 g/mol. The Morgan fingerprint density at radius 2 is 2.12 bits per heavy atom. The molecule has 1 aliphatic rings. The van der Waals surface area contributed by atoms with Crippen LogP contribution in [0.4, 0.5) is 4.39 Å². The lowest BCUT2D eigenvalue weighted by Gasteiger charge is -2.04. The van der Waals surface area contributed by atoms with Crippen LogP contribution in [0.1, 0.15) is 12.6 Å². The lowest BCUT2D eigenvalue weighted by molar-refractivity contribution is 0.628. The smallest absolute Gasteiger partial charge is 0.168 e. The van der Waals surface area contributed by atoms with E-state index in [0.29, 0.717) is 0 Å². The quantitative estimate of drug-likeness (QED) is 0.811. The van der Waals surface area contributed by atoms with Crippen LogP contribution in [0.5, 0.6) is 0 Å². The van der Waals surface area contributed by atoms with Crippen molar-refractivity contribution in [3.63, 3.8) is 0 Å². The van der Waals surface area contributed by atoms with Crippen molar-refractivity contribution in [2.45, 2.75) is 25.0 Å². The fourth-order valence-electron chi connectivity index (χ4n) is 2.23. The molecule has 1 aliphatic heterocycles. The Kier molecular flexibility index (Phi) is 2.67. The number of hydrogen-bond donors (Lipinski definition) is 0. The van der Waals surface area contributed by atoms with Gasteiger partial charge in [0.15, 0.2) is 5.16 Å². The van der Waals surface area contributed by atoms with Crippen molar-refractivity contribution in [2.24, 2.45) is 0 Å². The molecular weight excluding hydrogens is 235 g/mol. The minimum atomic E-state index is -0.201. The monoisotopic (exact) mass is 248 g/mol. The number of imidazole rings is 1. The maximum absolute atomic E-state index is 12.9. The Morgan fingerprint density at radius 1 is 1.35 bits per heavy atom. The van der Waals surface area contributed by atoms with Gasteiger partial charge in [0.1, 0.15) is 5.82 Å². The molecule has 0 atom stereocenters. The highest BCUT2D eigenvalue weighted by Gasteiger charge is 2.21. The van der Waals surface area contributed by atoms with E-state index < -0.39 is 0 Å². The summed E-state index contributed by atoms with van der Waals surface area (Å²) >= 11 is 1.79. The molecule has 0 spiro atoms. The number of halogens is 1. The number of benzene rings is 1. The van der Waals surface area contributed by atoms with Crippen LogP contribution in [0, 0.1) is 5.82 Å². The minimum absolute atomic E-state index is 0.201. The van der Waals surface area contributed by atoms with Crippen LogP contribution < -0.4 is 0 Å². The molecule has 0 radical (unpaired) electrons. The maximum Gasteiger partial charge on any atom is 0.168 e. The topological polar surface area (TPSA) is 17.8 Å². The fourth-order valence-corrected chi connectivity index (χ4v) is 3.20. The molecule has 0 amide bonds. The molecule has 88 valence electrons. The van der Waals surface area contributed by atoms with E-state index in [9.17, 15) is 4.39 Å². The molecule has 0 saturated carbocycles. The number of thioether (sulfide) groups is 1. The van der Waals surface area contributed by atoms with Crippen molar-refractivity contribution in [1.82, 2.24) is 9.55 Å². The molecule has 0 aliphatic carbocycles. The Hall–Kier alpha value is -1.29. The molecule has 1 aromatic heterocycles. The zero-order chi connectivity index (χ0) is 11.8. The van der Waals surface area contributed by atoms with Crippen LogP contribution in [0.25, 0.3) is 11.3 Å².